The van der Waals surface area contributed by atoms with Crippen LogP contribution in [0.1, 0.15) is 17.5 Å². The van der Waals surface area contributed by atoms with Crippen LogP contribution in [0.3, 0.4) is 0 Å². The van der Waals surface area contributed by atoms with Crippen LogP contribution in [0.25, 0.3) is 5.57 Å². The summed E-state index contributed by atoms with van der Waals surface area (Å²) in [6.07, 6.45) is 1.39. The van der Waals surface area contributed by atoms with E-state index in [4.69, 9.17) is 0 Å². The normalized spacial score (nSPS) is 14.3. The number of carbonyl (C=O) groups excluding carboxylic acids is 2. The Morgan fingerprint density at radius 3 is 2.50 bits per heavy atom. The van der Waals surface area contributed by atoms with E-state index in [0.29, 0.717) is 17.6 Å². The van der Waals surface area contributed by atoms with Gasteiger partial charge in [-0.05, 0) is 24.0 Å². The molecule has 0 aliphatic heterocycles. The molecule has 0 atom stereocenters. The highest BCUT2D eigenvalue weighted by molar-refractivity contribution is 6.02. The summed E-state index contributed by atoms with van der Waals surface area (Å²) in [5, 5.41) is 0. The summed E-state index contributed by atoms with van der Waals surface area (Å²) in [7, 11) is 0. The first-order valence-electron chi connectivity index (χ1n) is 4.44. The van der Waals surface area contributed by atoms with Gasteiger partial charge in [-0.1, -0.05) is 24.3 Å². The van der Waals surface area contributed by atoms with Crippen LogP contribution in [0.4, 0.5) is 0 Å². The van der Waals surface area contributed by atoms with Gasteiger partial charge in [0.2, 0.25) is 0 Å². The van der Waals surface area contributed by atoms with Crippen molar-refractivity contribution in [3.05, 3.63) is 41.0 Å². The van der Waals surface area contributed by atoms with E-state index in [2.05, 4.69) is 0 Å². The third-order valence-corrected chi connectivity index (χ3v) is 2.46. The fourth-order valence-corrected chi connectivity index (χ4v) is 1.75. The lowest BCUT2D eigenvalue weighted by Gasteiger charge is -2.16. The van der Waals surface area contributed by atoms with Crippen molar-refractivity contribution in [1.29, 1.82) is 0 Å². The van der Waals surface area contributed by atoms with Gasteiger partial charge in [-0.2, -0.15) is 0 Å². The molecule has 0 heterocycles. The second kappa shape index (κ2) is 3.47. The Kier molecular flexibility index (Phi) is 2.16. The average molecular weight is 184 g/mol. The van der Waals surface area contributed by atoms with E-state index in [-0.39, 0.29) is 0 Å². The SMILES string of the molecule is O=C=C1CCc2ccccc2C1=C=O. The van der Waals surface area contributed by atoms with Crippen molar-refractivity contribution in [1.82, 2.24) is 0 Å². The molecule has 1 aromatic rings. The molecular formula is C12H8O2. The van der Waals surface area contributed by atoms with Crippen molar-refractivity contribution in [2.45, 2.75) is 12.8 Å². The van der Waals surface area contributed by atoms with Crippen molar-refractivity contribution in [2.24, 2.45) is 0 Å². The molecule has 0 unspecified atom stereocenters. The number of aryl methyl sites for hydroxylation is 1. The molecule has 0 amide bonds. The largest absolute Gasteiger partial charge is 0.233 e. The summed E-state index contributed by atoms with van der Waals surface area (Å²) in [6.45, 7) is 0. The fourth-order valence-electron chi connectivity index (χ4n) is 1.75. The Hall–Kier alpha value is -1.88. The molecule has 1 aliphatic rings. The lowest BCUT2D eigenvalue weighted by molar-refractivity contribution is 0.564. The summed E-state index contributed by atoms with van der Waals surface area (Å²) < 4.78 is 0. The molecule has 0 saturated carbocycles. The molecule has 0 saturated heterocycles. The van der Waals surface area contributed by atoms with E-state index in [1.807, 2.05) is 36.1 Å². The Morgan fingerprint density at radius 2 is 1.79 bits per heavy atom. The minimum atomic E-state index is 0.377. The maximum absolute atomic E-state index is 10.7. The number of rotatable bonds is 0. The molecule has 0 bridgehead atoms. The Balaban J connectivity index is 2.68. The van der Waals surface area contributed by atoms with Crippen LogP contribution in [-0.4, -0.2) is 11.9 Å². The highest BCUT2D eigenvalue weighted by Crippen LogP contribution is 2.31. The van der Waals surface area contributed by atoms with Gasteiger partial charge < -0.3 is 0 Å². The molecule has 14 heavy (non-hydrogen) atoms. The first-order valence-corrected chi connectivity index (χ1v) is 4.44. The fraction of sp³-hybridized carbons (Fsp3) is 0.167. The molecule has 1 aliphatic carbocycles. The van der Waals surface area contributed by atoms with Crippen molar-refractivity contribution in [3.63, 3.8) is 0 Å². The van der Waals surface area contributed by atoms with E-state index in [9.17, 15) is 9.59 Å². The van der Waals surface area contributed by atoms with E-state index in [0.717, 1.165) is 17.5 Å². The van der Waals surface area contributed by atoms with Gasteiger partial charge in [-0.25, -0.2) is 9.59 Å². The summed E-state index contributed by atoms with van der Waals surface area (Å²) >= 11 is 0. The van der Waals surface area contributed by atoms with Crippen molar-refractivity contribution in [2.75, 3.05) is 0 Å². The first-order chi connectivity index (χ1) is 6.86. The Morgan fingerprint density at radius 1 is 1.00 bits per heavy atom. The van der Waals surface area contributed by atoms with Gasteiger partial charge in [0.25, 0.3) is 0 Å². The second-order valence-corrected chi connectivity index (χ2v) is 3.21. The van der Waals surface area contributed by atoms with Gasteiger partial charge in [-0.3, -0.25) is 0 Å². The van der Waals surface area contributed by atoms with Crippen LogP contribution in [0, 0.1) is 0 Å². The molecule has 0 aromatic heterocycles. The summed E-state index contributed by atoms with van der Waals surface area (Å²) in [4.78, 5) is 21.3. The smallest absolute Gasteiger partial charge is 0.134 e. The lowest BCUT2D eigenvalue weighted by Crippen LogP contribution is -2.05. The monoisotopic (exact) mass is 184 g/mol. The number of hydrogen-bond acceptors (Lipinski definition) is 2. The predicted molar refractivity (Wildman–Crippen MR) is 53.1 cm³/mol. The highest BCUT2D eigenvalue weighted by atomic mass is 16.1. The van der Waals surface area contributed by atoms with Crippen LogP contribution in [0.15, 0.2) is 29.8 Å². The molecular weight excluding hydrogens is 176 g/mol. The van der Waals surface area contributed by atoms with Gasteiger partial charge in [0.15, 0.2) is 0 Å². The van der Waals surface area contributed by atoms with Crippen molar-refractivity contribution in [3.8, 4) is 0 Å². The topological polar surface area (TPSA) is 34.1 Å². The van der Waals surface area contributed by atoms with Crippen molar-refractivity contribution < 1.29 is 9.59 Å². The molecule has 0 radical (unpaired) electrons. The summed E-state index contributed by atoms with van der Waals surface area (Å²) in [5.41, 5.74) is 2.75. The van der Waals surface area contributed by atoms with Crippen LogP contribution >= 0.6 is 0 Å². The van der Waals surface area contributed by atoms with E-state index in [1.54, 1.807) is 0 Å². The third kappa shape index (κ3) is 1.23. The molecule has 0 fully saturated rings. The van der Waals surface area contributed by atoms with Crippen LogP contribution in [0.2, 0.25) is 0 Å². The lowest BCUT2D eigenvalue weighted by atomic mass is 9.85. The zero-order chi connectivity index (χ0) is 9.97. The summed E-state index contributed by atoms with van der Waals surface area (Å²) in [6, 6.07) is 7.58. The second-order valence-electron chi connectivity index (χ2n) is 3.21. The van der Waals surface area contributed by atoms with Gasteiger partial charge in [-0.15, -0.1) is 0 Å². The molecule has 2 rings (SSSR count). The van der Waals surface area contributed by atoms with Gasteiger partial charge >= 0.3 is 0 Å². The van der Waals surface area contributed by atoms with Crippen LogP contribution in [-0.2, 0) is 16.0 Å². The minimum absolute atomic E-state index is 0.377. The maximum Gasteiger partial charge on any atom is 0.134 e. The predicted octanol–water partition coefficient (Wildman–Crippen LogP) is 1.61. The van der Waals surface area contributed by atoms with E-state index < -0.39 is 0 Å². The molecule has 0 N–H and O–H groups in total. The number of fused-ring (bicyclic) bond motifs is 1. The zero-order valence-corrected chi connectivity index (χ0v) is 7.54. The van der Waals surface area contributed by atoms with Crippen LogP contribution in [0.5, 0.6) is 0 Å². The maximum atomic E-state index is 10.7. The number of hydrogen-bond donors (Lipinski definition) is 0. The molecule has 68 valence electrons. The third-order valence-electron chi connectivity index (χ3n) is 2.46. The molecule has 1 aromatic carbocycles. The average Bonchev–Trinajstić information content (AvgIpc) is 2.27. The van der Waals surface area contributed by atoms with Gasteiger partial charge in [0, 0.05) is 0 Å². The molecule has 0 spiro atoms. The standard InChI is InChI=1S/C12H8O2/c13-7-10-6-5-9-3-1-2-4-11(9)12(10)8-14/h1-4H,5-6H2. The summed E-state index contributed by atoms with van der Waals surface area (Å²) in [5.74, 6) is 3.64. The Bertz CT molecular complexity index is 473. The van der Waals surface area contributed by atoms with Gasteiger partial charge in [0.05, 0.1) is 11.1 Å². The molecule has 2 nitrogen and oxygen atoms in total. The molecule has 2 heteroatoms. The number of allylic oxidation sites excluding steroid dienone is 2. The first kappa shape index (κ1) is 8.71. The van der Waals surface area contributed by atoms with Gasteiger partial charge in [0.1, 0.15) is 11.9 Å². The van der Waals surface area contributed by atoms with E-state index >= 15 is 0 Å². The van der Waals surface area contributed by atoms with Crippen molar-refractivity contribution >= 4 is 17.5 Å². The highest BCUT2D eigenvalue weighted by Gasteiger charge is 2.19. The van der Waals surface area contributed by atoms with Crippen LogP contribution < -0.4 is 0 Å². The Labute approximate surface area is 81.6 Å². The van der Waals surface area contributed by atoms with E-state index in [1.165, 1.54) is 0 Å². The zero-order valence-electron chi connectivity index (χ0n) is 7.54. The number of benzene rings is 1. The minimum Gasteiger partial charge on any atom is -0.233 e. The quantitative estimate of drug-likeness (QED) is 0.574.